The Kier molecular flexibility index (Phi) is 3.09. The van der Waals surface area contributed by atoms with Crippen LogP contribution in [-0.2, 0) is 5.41 Å². The molecule has 0 bridgehead atoms. The van der Waals surface area contributed by atoms with Crippen LogP contribution < -0.4 is 0 Å². The van der Waals surface area contributed by atoms with Crippen LogP contribution in [0.25, 0.3) is 4.85 Å². The van der Waals surface area contributed by atoms with Gasteiger partial charge in [0.15, 0.2) is 0 Å². The number of hydrogen-bond donors (Lipinski definition) is 0. The maximum absolute atomic E-state index is 6.91. The Morgan fingerprint density at radius 2 is 1.57 bits per heavy atom. The first-order chi connectivity index (χ1) is 6.36. The summed E-state index contributed by atoms with van der Waals surface area (Å²) in [5.74, 6) is 0. The molecule has 0 saturated heterocycles. The lowest BCUT2D eigenvalue weighted by atomic mass is 9.87. The normalized spacial score (nSPS) is 11.1. The van der Waals surface area contributed by atoms with Crippen molar-refractivity contribution >= 4 is 28.9 Å². The molecule has 1 nitrogen and oxygen atoms in total. The third-order valence-electron chi connectivity index (χ3n) is 1.99. The maximum atomic E-state index is 6.91. The van der Waals surface area contributed by atoms with Crippen LogP contribution in [0, 0.1) is 6.57 Å². The van der Waals surface area contributed by atoms with E-state index in [1.54, 1.807) is 12.1 Å². The molecule has 0 aliphatic rings. The average molecular weight is 228 g/mol. The molecule has 0 amide bonds. The summed E-state index contributed by atoms with van der Waals surface area (Å²) in [4.78, 5) is 3.28. The SMILES string of the molecule is [C-]#[N+]c1c(Cl)cc(C(C)(C)C)cc1Cl. The molecular weight excluding hydrogens is 217 g/mol. The minimum atomic E-state index is -0.00611. The predicted octanol–water partition coefficient (Wildman–Crippen LogP) is 4.84. The summed E-state index contributed by atoms with van der Waals surface area (Å²) in [6, 6.07) is 3.61. The maximum Gasteiger partial charge on any atom is 0.223 e. The molecule has 0 heterocycles. The standard InChI is InChI=1S/C11H11Cl2N/c1-11(2,3)7-5-8(12)10(14-4)9(13)6-7/h5-6H,1-3H3. The van der Waals surface area contributed by atoms with Crippen LogP contribution in [0.5, 0.6) is 0 Å². The summed E-state index contributed by atoms with van der Waals surface area (Å²) in [5.41, 5.74) is 1.37. The molecular formula is C11H11Cl2N. The molecule has 0 spiro atoms. The van der Waals surface area contributed by atoms with E-state index in [0.29, 0.717) is 15.7 Å². The molecule has 74 valence electrons. The summed E-state index contributed by atoms with van der Waals surface area (Å²) in [6.45, 7) is 13.1. The monoisotopic (exact) mass is 227 g/mol. The van der Waals surface area contributed by atoms with E-state index in [1.165, 1.54) is 0 Å². The Morgan fingerprint density at radius 3 is 1.86 bits per heavy atom. The highest BCUT2D eigenvalue weighted by atomic mass is 35.5. The van der Waals surface area contributed by atoms with E-state index in [4.69, 9.17) is 29.8 Å². The molecule has 1 rings (SSSR count). The van der Waals surface area contributed by atoms with E-state index in [9.17, 15) is 0 Å². The fourth-order valence-electron chi connectivity index (χ4n) is 1.11. The molecule has 0 aromatic heterocycles. The van der Waals surface area contributed by atoms with Crippen molar-refractivity contribution in [1.29, 1.82) is 0 Å². The van der Waals surface area contributed by atoms with Crippen molar-refractivity contribution in [3.8, 4) is 0 Å². The van der Waals surface area contributed by atoms with Crippen LogP contribution in [-0.4, -0.2) is 0 Å². The van der Waals surface area contributed by atoms with Gasteiger partial charge >= 0.3 is 0 Å². The Morgan fingerprint density at radius 1 is 1.14 bits per heavy atom. The first kappa shape index (κ1) is 11.4. The van der Waals surface area contributed by atoms with Crippen molar-refractivity contribution in [2.45, 2.75) is 26.2 Å². The van der Waals surface area contributed by atoms with Gasteiger partial charge < -0.3 is 0 Å². The van der Waals surface area contributed by atoms with E-state index in [2.05, 4.69) is 25.6 Å². The van der Waals surface area contributed by atoms with Crippen LogP contribution in [0.2, 0.25) is 10.0 Å². The molecule has 3 heteroatoms. The van der Waals surface area contributed by atoms with Crippen molar-refractivity contribution in [3.63, 3.8) is 0 Å². The zero-order valence-corrected chi connectivity index (χ0v) is 9.87. The number of rotatable bonds is 0. The van der Waals surface area contributed by atoms with Gasteiger partial charge in [-0.15, -0.1) is 0 Å². The number of halogens is 2. The molecule has 0 atom stereocenters. The molecule has 1 aromatic rings. The summed E-state index contributed by atoms with van der Waals surface area (Å²) < 4.78 is 0. The molecule has 0 N–H and O–H groups in total. The van der Waals surface area contributed by atoms with Gasteiger partial charge in [0.1, 0.15) is 0 Å². The first-order valence-corrected chi connectivity index (χ1v) is 4.99. The molecule has 1 aromatic carbocycles. The molecule has 14 heavy (non-hydrogen) atoms. The van der Waals surface area contributed by atoms with Crippen LogP contribution in [0.15, 0.2) is 12.1 Å². The van der Waals surface area contributed by atoms with E-state index >= 15 is 0 Å². The topological polar surface area (TPSA) is 4.36 Å². The average Bonchev–Trinajstić information content (AvgIpc) is 2.01. The fraction of sp³-hybridized carbons (Fsp3) is 0.364. The minimum absolute atomic E-state index is 0.00611. The summed E-state index contributed by atoms with van der Waals surface area (Å²) >= 11 is 11.9. The number of nitrogens with zero attached hydrogens (tertiary/aromatic N) is 1. The highest BCUT2D eigenvalue weighted by molar-refractivity contribution is 6.39. The van der Waals surface area contributed by atoms with Crippen LogP contribution in [0.1, 0.15) is 26.3 Å². The van der Waals surface area contributed by atoms with Crippen molar-refractivity contribution in [2.24, 2.45) is 0 Å². The lowest BCUT2D eigenvalue weighted by Gasteiger charge is -2.20. The minimum Gasteiger partial charge on any atom is -0.235 e. The summed E-state index contributed by atoms with van der Waals surface area (Å²) in [7, 11) is 0. The molecule has 0 fully saturated rings. The van der Waals surface area contributed by atoms with Crippen LogP contribution in [0.4, 0.5) is 5.69 Å². The van der Waals surface area contributed by atoms with Gasteiger partial charge in [-0.3, -0.25) is 0 Å². The van der Waals surface area contributed by atoms with Gasteiger partial charge in [-0.1, -0.05) is 56.1 Å². The second kappa shape index (κ2) is 3.81. The van der Waals surface area contributed by atoms with Gasteiger partial charge in [0.25, 0.3) is 0 Å². The summed E-state index contributed by atoms with van der Waals surface area (Å²) in [5, 5.41) is 0.856. The van der Waals surface area contributed by atoms with E-state index in [0.717, 1.165) is 5.56 Å². The largest absolute Gasteiger partial charge is 0.235 e. The molecule has 0 aliphatic carbocycles. The second-order valence-electron chi connectivity index (χ2n) is 4.15. The smallest absolute Gasteiger partial charge is 0.223 e. The van der Waals surface area contributed by atoms with Crippen molar-refractivity contribution in [2.75, 3.05) is 0 Å². The second-order valence-corrected chi connectivity index (χ2v) is 4.96. The Hall–Kier alpha value is -0.710. The zero-order chi connectivity index (χ0) is 10.9. The van der Waals surface area contributed by atoms with Gasteiger partial charge in [0.2, 0.25) is 5.69 Å². The number of benzene rings is 1. The van der Waals surface area contributed by atoms with Crippen molar-refractivity contribution in [1.82, 2.24) is 0 Å². The third kappa shape index (κ3) is 2.20. The molecule has 0 aliphatic heterocycles. The third-order valence-corrected chi connectivity index (χ3v) is 2.57. The Balaban J connectivity index is 3.37. The first-order valence-electron chi connectivity index (χ1n) is 4.23. The van der Waals surface area contributed by atoms with Crippen molar-refractivity contribution < 1.29 is 0 Å². The Labute approximate surface area is 94.5 Å². The number of hydrogen-bond acceptors (Lipinski definition) is 0. The van der Waals surface area contributed by atoms with Crippen LogP contribution >= 0.6 is 23.2 Å². The molecule has 0 unspecified atom stereocenters. The van der Waals surface area contributed by atoms with Crippen LogP contribution in [0.3, 0.4) is 0 Å². The van der Waals surface area contributed by atoms with E-state index in [-0.39, 0.29) is 5.41 Å². The van der Waals surface area contributed by atoms with Gasteiger partial charge in [-0.2, -0.15) is 0 Å². The van der Waals surface area contributed by atoms with E-state index < -0.39 is 0 Å². The highest BCUT2D eigenvalue weighted by Crippen LogP contribution is 2.37. The quantitative estimate of drug-likeness (QED) is 0.559. The Bertz CT molecular complexity index is 374. The predicted molar refractivity (Wildman–Crippen MR) is 61.4 cm³/mol. The summed E-state index contributed by atoms with van der Waals surface area (Å²) in [6.07, 6.45) is 0. The highest BCUT2D eigenvalue weighted by Gasteiger charge is 2.17. The van der Waals surface area contributed by atoms with Crippen molar-refractivity contribution in [3.05, 3.63) is 39.2 Å². The molecule has 0 radical (unpaired) electrons. The lowest BCUT2D eigenvalue weighted by Crippen LogP contribution is -2.10. The zero-order valence-electron chi connectivity index (χ0n) is 8.36. The fourth-order valence-corrected chi connectivity index (χ4v) is 1.68. The lowest BCUT2D eigenvalue weighted by molar-refractivity contribution is 0.590. The van der Waals surface area contributed by atoms with E-state index in [1.807, 2.05) is 0 Å². The van der Waals surface area contributed by atoms with Gasteiger partial charge in [0, 0.05) is 10.0 Å². The van der Waals surface area contributed by atoms with Gasteiger partial charge in [0.05, 0.1) is 6.57 Å². The van der Waals surface area contributed by atoms with Gasteiger partial charge in [-0.05, 0) is 11.0 Å². The molecule has 0 saturated carbocycles. The van der Waals surface area contributed by atoms with Gasteiger partial charge in [-0.25, -0.2) is 4.85 Å².